The number of thioether (sulfide) groups is 1. The lowest BCUT2D eigenvalue weighted by atomic mass is 9.91. The standard InChI is InChI=1S/C13H28N2S/c1-12-5-4-6-13(11-12)16-10-8-14-7-9-15(2)3/h12-14H,4-11H2,1-3H3. The molecule has 2 atom stereocenters. The van der Waals surface area contributed by atoms with Crippen molar-refractivity contribution in [2.24, 2.45) is 5.92 Å². The molecule has 1 rings (SSSR count). The van der Waals surface area contributed by atoms with Crippen molar-refractivity contribution in [2.75, 3.05) is 39.5 Å². The topological polar surface area (TPSA) is 15.3 Å². The highest BCUT2D eigenvalue weighted by Gasteiger charge is 2.18. The SMILES string of the molecule is CC1CCCC(SCCNCCN(C)C)C1. The average Bonchev–Trinajstić information content (AvgIpc) is 2.23. The Morgan fingerprint density at radius 2 is 2.06 bits per heavy atom. The second-order valence-corrected chi connectivity index (χ2v) is 6.73. The van der Waals surface area contributed by atoms with Crippen LogP contribution in [0.4, 0.5) is 0 Å². The van der Waals surface area contributed by atoms with Gasteiger partial charge in [-0.25, -0.2) is 0 Å². The Kier molecular flexibility index (Phi) is 7.50. The predicted octanol–water partition coefficient (Wildman–Crippen LogP) is 2.45. The predicted molar refractivity (Wildman–Crippen MR) is 75.3 cm³/mol. The molecule has 1 saturated carbocycles. The van der Waals surface area contributed by atoms with E-state index in [9.17, 15) is 0 Å². The maximum absolute atomic E-state index is 3.51. The van der Waals surface area contributed by atoms with Gasteiger partial charge < -0.3 is 10.2 Å². The van der Waals surface area contributed by atoms with Gasteiger partial charge in [-0.2, -0.15) is 11.8 Å². The first-order valence-electron chi connectivity index (χ1n) is 6.65. The number of likely N-dealkylation sites (N-methyl/N-ethyl adjacent to an activating group) is 1. The molecule has 2 unspecified atom stereocenters. The van der Waals surface area contributed by atoms with Gasteiger partial charge in [0.1, 0.15) is 0 Å². The fraction of sp³-hybridized carbons (Fsp3) is 1.00. The Balaban J connectivity index is 1.90. The molecule has 0 bridgehead atoms. The summed E-state index contributed by atoms with van der Waals surface area (Å²) in [5.74, 6) is 2.25. The van der Waals surface area contributed by atoms with Crippen LogP contribution in [-0.2, 0) is 0 Å². The summed E-state index contributed by atoms with van der Waals surface area (Å²) in [4.78, 5) is 2.23. The van der Waals surface area contributed by atoms with Gasteiger partial charge in [-0.15, -0.1) is 0 Å². The summed E-state index contributed by atoms with van der Waals surface area (Å²) in [5, 5.41) is 4.45. The summed E-state index contributed by atoms with van der Waals surface area (Å²) in [6, 6.07) is 0. The molecule has 0 radical (unpaired) electrons. The highest BCUT2D eigenvalue weighted by atomic mass is 32.2. The van der Waals surface area contributed by atoms with Crippen LogP contribution in [0.2, 0.25) is 0 Å². The molecule has 96 valence electrons. The van der Waals surface area contributed by atoms with E-state index in [0.29, 0.717) is 0 Å². The van der Waals surface area contributed by atoms with Crippen molar-refractivity contribution in [2.45, 2.75) is 37.9 Å². The fourth-order valence-electron chi connectivity index (χ4n) is 2.26. The van der Waals surface area contributed by atoms with Gasteiger partial charge in [-0.05, 0) is 32.9 Å². The Hall–Kier alpha value is 0.270. The monoisotopic (exact) mass is 244 g/mol. The normalized spacial score (nSPS) is 26.2. The highest BCUT2D eigenvalue weighted by Crippen LogP contribution is 2.31. The van der Waals surface area contributed by atoms with Gasteiger partial charge in [0.25, 0.3) is 0 Å². The quantitative estimate of drug-likeness (QED) is 0.693. The van der Waals surface area contributed by atoms with Crippen molar-refractivity contribution in [1.29, 1.82) is 0 Å². The van der Waals surface area contributed by atoms with E-state index < -0.39 is 0 Å². The first kappa shape index (κ1) is 14.3. The smallest absolute Gasteiger partial charge is 0.0101 e. The molecule has 16 heavy (non-hydrogen) atoms. The van der Waals surface area contributed by atoms with Gasteiger partial charge >= 0.3 is 0 Å². The molecule has 1 N–H and O–H groups in total. The molecule has 1 aliphatic rings. The highest BCUT2D eigenvalue weighted by molar-refractivity contribution is 7.99. The minimum Gasteiger partial charge on any atom is -0.315 e. The molecule has 0 heterocycles. The van der Waals surface area contributed by atoms with Gasteiger partial charge in [0.05, 0.1) is 0 Å². The third-order valence-corrected chi connectivity index (χ3v) is 4.60. The zero-order valence-electron chi connectivity index (χ0n) is 11.2. The van der Waals surface area contributed by atoms with Crippen molar-refractivity contribution in [3.05, 3.63) is 0 Å². The first-order chi connectivity index (χ1) is 7.68. The van der Waals surface area contributed by atoms with Crippen LogP contribution in [0.15, 0.2) is 0 Å². The third-order valence-electron chi connectivity index (χ3n) is 3.26. The lowest BCUT2D eigenvalue weighted by Gasteiger charge is -2.26. The molecule has 0 amide bonds. The van der Waals surface area contributed by atoms with Crippen molar-refractivity contribution >= 4 is 11.8 Å². The van der Waals surface area contributed by atoms with Crippen LogP contribution >= 0.6 is 11.8 Å². The van der Waals surface area contributed by atoms with Gasteiger partial charge in [0.2, 0.25) is 0 Å². The molecular formula is C13H28N2S. The maximum Gasteiger partial charge on any atom is 0.0101 e. The Bertz CT molecular complexity index is 173. The Morgan fingerprint density at radius 3 is 2.75 bits per heavy atom. The minimum atomic E-state index is 0.944. The number of hydrogen-bond donors (Lipinski definition) is 1. The Morgan fingerprint density at radius 1 is 1.25 bits per heavy atom. The number of nitrogens with zero attached hydrogens (tertiary/aromatic N) is 1. The Labute approximate surface area is 106 Å². The van der Waals surface area contributed by atoms with Crippen LogP contribution in [-0.4, -0.2) is 49.6 Å². The van der Waals surface area contributed by atoms with Gasteiger partial charge in [0, 0.05) is 30.6 Å². The zero-order valence-corrected chi connectivity index (χ0v) is 12.0. The first-order valence-corrected chi connectivity index (χ1v) is 7.70. The summed E-state index contributed by atoms with van der Waals surface area (Å²) in [6.07, 6.45) is 5.81. The molecule has 0 saturated heterocycles. The summed E-state index contributed by atoms with van der Waals surface area (Å²) in [7, 11) is 4.25. The summed E-state index contributed by atoms with van der Waals surface area (Å²) in [6.45, 7) is 5.84. The molecule has 3 heteroatoms. The molecule has 0 spiro atoms. The number of nitrogens with one attached hydrogen (secondary N) is 1. The molecule has 1 aliphatic carbocycles. The van der Waals surface area contributed by atoms with E-state index in [-0.39, 0.29) is 0 Å². The van der Waals surface area contributed by atoms with Crippen LogP contribution in [0.5, 0.6) is 0 Å². The number of hydrogen-bond acceptors (Lipinski definition) is 3. The zero-order chi connectivity index (χ0) is 11.8. The van der Waals surface area contributed by atoms with E-state index in [1.165, 1.54) is 38.0 Å². The molecule has 2 nitrogen and oxygen atoms in total. The van der Waals surface area contributed by atoms with Crippen molar-refractivity contribution in [1.82, 2.24) is 10.2 Å². The third kappa shape index (κ3) is 6.77. The average molecular weight is 244 g/mol. The van der Waals surface area contributed by atoms with Crippen LogP contribution < -0.4 is 5.32 Å². The fourth-order valence-corrected chi connectivity index (χ4v) is 3.65. The van der Waals surface area contributed by atoms with Crippen molar-refractivity contribution in [3.63, 3.8) is 0 Å². The van der Waals surface area contributed by atoms with Crippen molar-refractivity contribution < 1.29 is 0 Å². The van der Waals surface area contributed by atoms with Gasteiger partial charge in [0.15, 0.2) is 0 Å². The van der Waals surface area contributed by atoms with E-state index in [1.54, 1.807) is 0 Å². The van der Waals surface area contributed by atoms with Gasteiger partial charge in [-0.1, -0.05) is 19.8 Å². The van der Waals surface area contributed by atoms with E-state index in [2.05, 4.69) is 43.0 Å². The molecule has 0 aromatic carbocycles. The largest absolute Gasteiger partial charge is 0.315 e. The van der Waals surface area contributed by atoms with Crippen LogP contribution in [0.1, 0.15) is 32.6 Å². The van der Waals surface area contributed by atoms with E-state index in [1.807, 2.05) is 0 Å². The second kappa shape index (κ2) is 8.37. The lowest BCUT2D eigenvalue weighted by Crippen LogP contribution is -2.28. The molecule has 1 fully saturated rings. The molecule has 0 aliphatic heterocycles. The molecule has 0 aromatic heterocycles. The lowest BCUT2D eigenvalue weighted by molar-refractivity contribution is 0.393. The summed E-state index contributed by atoms with van der Waals surface area (Å²) >= 11 is 2.18. The molecule has 0 aromatic rings. The minimum absolute atomic E-state index is 0.944. The maximum atomic E-state index is 3.51. The molecular weight excluding hydrogens is 216 g/mol. The van der Waals surface area contributed by atoms with Gasteiger partial charge in [-0.3, -0.25) is 0 Å². The summed E-state index contributed by atoms with van der Waals surface area (Å²) in [5.41, 5.74) is 0. The summed E-state index contributed by atoms with van der Waals surface area (Å²) < 4.78 is 0. The number of rotatable bonds is 7. The van der Waals surface area contributed by atoms with E-state index in [4.69, 9.17) is 0 Å². The van der Waals surface area contributed by atoms with Crippen LogP contribution in [0.25, 0.3) is 0 Å². The van der Waals surface area contributed by atoms with Crippen molar-refractivity contribution in [3.8, 4) is 0 Å². The van der Waals surface area contributed by atoms with Crippen LogP contribution in [0, 0.1) is 5.92 Å². The van der Waals surface area contributed by atoms with Crippen LogP contribution in [0.3, 0.4) is 0 Å². The van der Waals surface area contributed by atoms with E-state index in [0.717, 1.165) is 24.3 Å². The second-order valence-electron chi connectivity index (χ2n) is 5.32. The van der Waals surface area contributed by atoms with E-state index >= 15 is 0 Å².